The molecule has 0 fully saturated rings. The number of aryl methyl sites for hydroxylation is 2. The highest BCUT2D eigenvalue weighted by molar-refractivity contribution is 5.63. The van der Waals surface area contributed by atoms with Crippen LogP contribution in [0.1, 0.15) is 58.9 Å². The molecule has 1 heterocycles. The van der Waals surface area contributed by atoms with Crippen molar-refractivity contribution in [2.24, 2.45) is 7.05 Å². The van der Waals surface area contributed by atoms with Crippen LogP contribution in [0.2, 0.25) is 0 Å². The summed E-state index contributed by atoms with van der Waals surface area (Å²) in [5.74, 6) is -0.500. The van der Waals surface area contributed by atoms with Crippen molar-refractivity contribution in [3.63, 3.8) is 0 Å². The SMILES string of the molecule is [2H]C(C)(C)c1cccc(C([2H])(C)C)c1-n1cc[n+](C)c1-c1ccccc1C. The van der Waals surface area contributed by atoms with Gasteiger partial charge in [-0.05, 0) is 30.3 Å². The summed E-state index contributed by atoms with van der Waals surface area (Å²) in [6.07, 6.45) is 4.08. The molecule has 0 amide bonds. The average molecular weight is 336 g/mol. The molecule has 0 saturated carbocycles. The summed E-state index contributed by atoms with van der Waals surface area (Å²) in [4.78, 5) is 0. The smallest absolute Gasteiger partial charge is 0.232 e. The molecular weight excluding hydrogens is 304 g/mol. The molecule has 3 rings (SSSR count). The molecule has 3 aromatic rings. The molecule has 0 aliphatic carbocycles. The normalized spacial score (nSPS) is 13.5. The van der Waals surface area contributed by atoms with Crippen LogP contribution >= 0.6 is 0 Å². The minimum atomic E-state index is -0.775. The third kappa shape index (κ3) is 3.13. The van der Waals surface area contributed by atoms with Gasteiger partial charge in [-0.15, -0.1) is 0 Å². The zero-order valence-corrected chi connectivity index (χ0v) is 16.1. The second-order valence-electron chi connectivity index (χ2n) is 7.12. The Labute approximate surface area is 154 Å². The van der Waals surface area contributed by atoms with Crippen LogP contribution in [-0.4, -0.2) is 4.57 Å². The van der Waals surface area contributed by atoms with Gasteiger partial charge in [-0.25, -0.2) is 4.57 Å². The summed E-state index contributed by atoms with van der Waals surface area (Å²) in [5, 5.41) is 0. The van der Waals surface area contributed by atoms with E-state index < -0.39 is 11.8 Å². The molecule has 0 unspecified atom stereocenters. The van der Waals surface area contributed by atoms with Crippen molar-refractivity contribution < 1.29 is 7.31 Å². The summed E-state index contributed by atoms with van der Waals surface area (Å²) < 4.78 is 21.7. The molecule has 2 nitrogen and oxygen atoms in total. The molecule has 130 valence electrons. The van der Waals surface area contributed by atoms with E-state index in [4.69, 9.17) is 2.74 Å². The van der Waals surface area contributed by atoms with Crippen LogP contribution in [0.5, 0.6) is 0 Å². The quantitative estimate of drug-likeness (QED) is 0.555. The van der Waals surface area contributed by atoms with Crippen molar-refractivity contribution in [2.45, 2.75) is 46.4 Å². The van der Waals surface area contributed by atoms with Gasteiger partial charge in [0.1, 0.15) is 18.1 Å². The first-order valence-electron chi connectivity index (χ1n) is 9.79. The minimum absolute atomic E-state index is 0.775. The zero-order valence-electron chi connectivity index (χ0n) is 18.1. The molecule has 0 aliphatic heterocycles. The highest BCUT2D eigenvalue weighted by Crippen LogP contribution is 2.33. The second-order valence-corrected chi connectivity index (χ2v) is 7.12. The van der Waals surface area contributed by atoms with Crippen molar-refractivity contribution in [3.8, 4) is 17.1 Å². The fraction of sp³-hybridized carbons (Fsp3) is 0.348. The van der Waals surface area contributed by atoms with Crippen LogP contribution in [0.3, 0.4) is 0 Å². The fourth-order valence-electron chi connectivity index (χ4n) is 3.41. The molecule has 0 aliphatic rings. The fourth-order valence-corrected chi connectivity index (χ4v) is 3.41. The van der Waals surface area contributed by atoms with Gasteiger partial charge < -0.3 is 0 Å². The number of hydrogen-bond acceptors (Lipinski definition) is 0. The molecule has 0 N–H and O–H groups in total. The number of aromatic nitrogens is 2. The van der Waals surface area contributed by atoms with E-state index in [1.165, 1.54) is 5.56 Å². The largest absolute Gasteiger partial charge is 0.294 e. The highest BCUT2D eigenvalue weighted by Gasteiger charge is 2.26. The molecule has 2 heteroatoms. The Bertz CT molecular complexity index is 941. The molecule has 0 saturated heterocycles. The Hall–Kier alpha value is -2.35. The Morgan fingerprint density at radius 3 is 2.08 bits per heavy atom. The molecule has 0 radical (unpaired) electrons. The first kappa shape index (κ1) is 14.9. The minimum Gasteiger partial charge on any atom is -0.232 e. The number of hydrogen-bond donors (Lipinski definition) is 0. The first-order valence-corrected chi connectivity index (χ1v) is 8.79. The molecular formula is C23H29N2+. The summed E-state index contributed by atoms with van der Waals surface area (Å²) in [6.45, 7) is 9.74. The van der Waals surface area contributed by atoms with Gasteiger partial charge in [0.25, 0.3) is 5.82 Å². The van der Waals surface area contributed by atoms with Gasteiger partial charge >= 0.3 is 0 Å². The molecule has 0 atom stereocenters. The van der Waals surface area contributed by atoms with Gasteiger partial charge in [-0.2, -0.15) is 4.57 Å². The Morgan fingerprint density at radius 1 is 0.920 bits per heavy atom. The van der Waals surface area contributed by atoms with E-state index in [0.29, 0.717) is 0 Å². The predicted octanol–water partition coefficient (Wildman–Crippen LogP) is 5.52. The van der Waals surface area contributed by atoms with E-state index in [-0.39, 0.29) is 0 Å². The van der Waals surface area contributed by atoms with Gasteiger partial charge in [0.2, 0.25) is 0 Å². The first-order chi connectivity index (χ1) is 12.5. The number of benzene rings is 2. The van der Waals surface area contributed by atoms with E-state index in [1.807, 2.05) is 71.4 Å². The molecule has 2 aromatic carbocycles. The summed E-state index contributed by atoms with van der Waals surface area (Å²) in [6, 6.07) is 14.3. The summed E-state index contributed by atoms with van der Waals surface area (Å²) >= 11 is 0. The van der Waals surface area contributed by atoms with Crippen molar-refractivity contribution >= 4 is 0 Å². The van der Waals surface area contributed by atoms with E-state index in [2.05, 4.69) is 34.3 Å². The van der Waals surface area contributed by atoms with Gasteiger partial charge in [-0.1, -0.05) is 64.1 Å². The van der Waals surface area contributed by atoms with Gasteiger partial charge in [0.05, 0.1) is 12.6 Å². The van der Waals surface area contributed by atoms with Gasteiger partial charge in [-0.3, -0.25) is 0 Å². The van der Waals surface area contributed by atoms with E-state index in [1.54, 1.807) is 0 Å². The second kappa shape index (κ2) is 6.87. The molecule has 1 aromatic heterocycles. The molecule has 25 heavy (non-hydrogen) atoms. The number of rotatable bonds is 4. The van der Waals surface area contributed by atoms with Crippen molar-refractivity contribution in [3.05, 3.63) is 71.5 Å². The van der Waals surface area contributed by atoms with Crippen LogP contribution in [0, 0.1) is 6.92 Å². The van der Waals surface area contributed by atoms with E-state index in [9.17, 15) is 0 Å². The van der Waals surface area contributed by atoms with Crippen molar-refractivity contribution in [1.29, 1.82) is 0 Å². The lowest BCUT2D eigenvalue weighted by Crippen LogP contribution is -2.29. The van der Waals surface area contributed by atoms with Crippen molar-refractivity contribution in [2.75, 3.05) is 0 Å². The van der Waals surface area contributed by atoms with E-state index in [0.717, 1.165) is 28.2 Å². The zero-order chi connectivity index (χ0) is 20.0. The maximum Gasteiger partial charge on any atom is 0.294 e. The van der Waals surface area contributed by atoms with E-state index >= 15 is 0 Å². The van der Waals surface area contributed by atoms with Crippen LogP contribution in [-0.2, 0) is 7.05 Å². The monoisotopic (exact) mass is 335 g/mol. The predicted molar refractivity (Wildman–Crippen MR) is 105 cm³/mol. The Morgan fingerprint density at radius 2 is 1.52 bits per heavy atom. The third-order valence-electron chi connectivity index (χ3n) is 4.74. The van der Waals surface area contributed by atoms with Crippen LogP contribution in [0.4, 0.5) is 0 Å². The molecule has 0 spiro atoms. The van der Waals surface area contributed by atoms with Crippen molar-refractivity contribution in [1.82, 2.24) is 4.57 Å². The lowest BCUT2D eigenvalue weighted by atomic mass is 9.92. The van der Waals surface area contributed by atoms with Gasteiger partial charge in [0.15, 0.2) is 0 Å². The lowest BCUT2D eigenvalue weighted by Gasteiger charge is -2.18. The summed E-state index contributed by atoms with van der Waals surface area (Å²) in [7, 11) is 2.04. The lowest BCUT2D eigenvalue weighted by molar-refractivity contribution is -0.659. The maximum atomic E-state index is 8.71. The maximum absolute atomic E-state index is 8.71. The Kier molecular flexibility index (Phi) is 4.11. The number of nitrogens with zero attached hydrogens (tertiary/aromatic N) is 2. The topological polar surface area (TPSA) is 8.81 Å². The number of imidazole rings is 1. The summed E-state index contributed by atoms with van der Waals surface area (Å²) in [5.41, 5.74) is 5.13. The average Bonchev–Trinajstić information content (AvgIpc) is 2.94. The van der Waals surface area contributed by atoms with Crippen LogP contribution in [0.25, 0.3) is 17.1 Å². The highest BCUT2D eigenvalue weighted by atomic mass is 15.1. The third-order valence-corrected chi connectivity index (χ3v) is 4.74. The van der Waals surface area contributed by atoms with Crippen LogP contribution in [0.15, 0.2) is 54.9 Å². The standard InChI is InChI=1S/C23H29N2/c1-16(2)19-12-9-13-20(17(3)4)22(19)25-15-14-24(6)23(25)21-11-8-7-10-18(21)5/h7-17H,1-6H3/q+1/i16D,17D. The number of para-hydroxylation sites is 1. The van der Waals surface area contributed by atoms with Gasteiger partial charge in [0, 0.05) is 13.9 Å². The Balaban J connectivity index is 2.42. The molecule has 0 bridgehead atoms. The van der Waals surface area contributed by atoms with Crippen LogP contribution < -0.4 is 4.57 Å².